The Kier molecular flexibility index (Phi) is 6.26. The first-order valence-corrected chi connectivity index (χ1v) is 8.15. The molecule has 2 amide bonds. The zero-order valence-electron chi connectivity index (χ0n) is 13.1. The van der Waals surface area contributed by atoms with E-state index in [0.29, 0.717) is 11.3 Å². The number of anilines is 1. The van der Waals surface area contributed by atoms with Crippen molar-refractivity contribution in [3.8, 4) is 0 Å². The van der Waals surface area contributed by atoms with Gasteiger partial charge in [-0.25, -0.2) is 0 Å². The number of halogens is 1. The summed E-state index contributed by atoms with van der Waals surface area (Å²) in [6, 6.07) is 14.0. The molecule has 0 aliphatic rings. The van der Waals surface area contributed by atoms with Crippen LogP contribution in [0, 0.1) is 0 Å². The van der Waals surface area contributed by atoms with E-state index in [4.69, 9.17) is 0 Å². The lowest BCUT2D eigenvalue weighted by Crippen LogP contribution is -2.33. The molecule has 0 saturated heterocycles. The van der Waals surface area contributed by atoms with Gasteiger partial charge in [0.25, 0.3) is 0 Å². The van der Waals surface area contributed by atoms with Crippen LogP contribution in [-0.2, 0) is 16.0 Å². The fraction of sp³-hybridized carbons (Fsp3) is 0.167. The van der Waals surface area contributed by atoms with Crippen LogP contribution in [0.1, 0.15) is 22.8 Å². The summed E-state index contributed by atoms with van der Waals surface area (Å²) in [7, 11) is 0. The van der Waals surface area contributed by atoms with Crippen LogP contribution in [0.15, 0.2) is 53.0 Å². The number of ketones is 1. The van der Waals surface area contributed by atoms with Crippen molar-refractivity contribution in [3.63, 3.8) is 0 Å². The van der Waals surface area contributed by atoms with Crippen LogP contribution < -0.4 is 10.6 Å². The number of Topliss-reactive ketones (excluding diaryl/α,β-unsaturated/α-hetero) is 1. The summed E-state index contributed by atoms with van der Waals surface area (Å²) in [6.07, 6.45) is 0.208. The van der Waals surface area contributed by atoms with E-state index in [1.807, 2.05) is 24.3 Å². The Hall–Kier alpha value is -2.47. The maximum Gasteiger partial charge on any atom is 0.243 e. The summed E-state index contributed by atoms with van der Waals surface area (Å²) >= 11 is 3.35. The number of rotatable bonds is 6. The van der Waals surface area contributed by atoms with Crippen molar-refractivity contribution in [1.82, 2.24) is 5.32 Å². The topological polar surface area (TPSA) is 75.3 Å². The average Bonchev–Trinajstić information content (AvgIpc) is 2.53. The van der Waals surface area contributed by atoms with Crippen LogP contribution in [0.25, 0.3) is 0 Å². The van der Waals surface area contributed by atoms with E-state index < -0.39 is 0 Å². The number of benzene rings is 2. The minimum absolute atomic E-state index is 0.0345. The molecule has 124 valence electrons. The van der Waals surface area contributed by atoms with E-state index >= 15 is 0 Å². The van der Waals surface area contributed by atoms with Crippen molar-refractivity contribution in [3.05, 3.63) is 64.1 Å². The second-order valence-electron chi connectivity index (χ2n) is 5.27. The van der Waals surface area contributed by atoms with Gasteiger partial charge in [-0.1, -0.05) is 28.1 Å². The standard InChI is InChI=1S/C18H17BrN2O3/c1-12(22)14-5-7-16(8-6-14)21-18(24)11-20-17(23)10-13-3-2-4-15(19)9-13/h2-9H,10-11H2,1H3,(H,20,23)(H,21,24). The molecule has 0 atom stereocenters. The van der Waals surface area contributed by atoms with E-state index in [-0.39, 0.29) is 30.6 Å². The van der Waals surface area contributed by atoms with Crippen LogP contribution in [0.4, 0.5) is 5.69 Å². The van der Waals surface area contributed by atoms with Crippen molar-refractivity contribution in [2.75, 3.05) is 11.9 Å². The molecule has 0 unspecified atom stereocenters. The first-order valence-electron chi connectivity index (χ1n) is 7.36. The van der Waals surface area contributed by atoms with Crippen LogP contribution in [0.2, 0.25) is 0 Å². The highest BCUT2D eigenvalue weighted by Gasteiger charge is 2.08. The van der Waals surface area contributed by atoms with Gasteiger partial charge in [0.2, 0.25) is 11.8 Å². The van der Waals surface area contributed by atoms with Gasteiger partial charge in [0.1, 0.15) is 0 Å². The number of carbonyl (C=O) groups is 3. The lowest BCUT2D eigenvalue weighted by atomic mass is 10.1. The Morgan fingerprint density at radius 3 is 2.33 bits per heavy atom. The van der Waals surface area contributed by atoms with Crippen molar-refractivity contribution >= 4 is 39.2 Å². The summed E-state index contributed by atoms with van der Waals surface area (Å²) in [4.78, 5) is 34.9. The second kappa shape index (κ2) is 8.40. The molecule has 0 heterocycles. The Morgan fingerprint density at radius 2 is 1.71 bits per heavy atom. The molecule has 2 N–H and O–H groups in total. The number of amides is 2. The van der Waals surface area contributed by atoms with E-state index in [1.165, 1.54) is 6.92 Å². The van der Waals surface area contributed by atoms with E-state index in [0.717, 1.165) is 10.0 Å². The normalized spacial score (nSPS) is 10.1. The Bertz CT molecular complexity index is 757. The maximum absolute atomic E-state index is 11.9. The van der Waals surface area contributed by atoms with Crippen molar-refractivity contribution in [2.24, 2.45) is 0 Å². The number of hydrogen-bond donors (Lipinski definition) is 2. The van der Waals surface area contributed by atoms with E-state index in [1.54, 1.807) is 24.3 Å². The Labute approximate surface area is 148 Å². The van der Waals surface area contributed by atoms with Crippen LogP contribution in [-0.4, -0.2) is 24.1 Å². The predicted octanol–water partition coefficient (Wildman–Crippen LogP) is 2.95. The molecule has 2 rings (SSSR count). The molecule has 2 aromatic rings. The molecule has 6 heteroatoms. The number of hydrogen-bond acceptors (Lipinski definition) is 3. The average molecular weight is 389 g/mol. The van der Waals surface area contributed by atoms with Gasteiger partial charge in [0.15, 0.2) is 5.78 Å². The van der Waals surface area contributed by atoms with Gasteiger partial charge in [-0.05, 0) is 48.9 Å². The molecule has 2 aromatic carbocycles. The third kappa shape index (κ3) is 5.62. The van der Waals surface area contributed by atoms with Gasteiger partial charge < -0.3 is 10.6 Å². The first-order chi connectivity index (χ1) is 11.4. The van der Waals surface area contributed by atoms with E-state index in [9.17, 15) is 14.4 Å². The molecule has 0 saturated carbocycles. The summed E-state index contributed by atoms with van der Waals surface area (Å²) in [5, 5.41) is 5.24. The van der Waals surface area contributed by atoms with Crippen LogP contribution in [0.5, 0.6) is 0 Å². The van der Waals surface area contributed by atoms with Crippen molar-refractivity contribution in [2.45, 2.75) is 13.3 Å². The number of carbonyl (C=O) groups excluding carboxylic acids is 3. The highest BCUT2D eigenvalue weighted by Crippen LogP contribution is 2.12. The minimum atomic E-state index is -0.326. The fourth-order valence-electron chi connectivity index (χ4n) is 2.07. The highest BCUT2D eigenvalue weighted by molar-refractivity contribution is 9.10. The maximum atomic E-state index is 11.9. The molecular weight excluding hydrogens is 372 g/mol. The quantitative estimate of drug-likeness (QED) is 0.746. The van der Waals surface area contributed by atoms with Crippen LogP contribution in [0.3, 0.4) is 0 Å². The van der Waals surface area contributed by atoms with Gasteiger partial charge in [0, 0.05) is 15.7 Å². The monoisotopic (exact) mass is 388 g/mol. The lowest BCUT2D eigenvalue weighted by Gasteiger charge is -2.08. The lowest BCUT2D eigenvalue weighted by molar-refractivity contribution is -0.123. The zero-order valence-corrected chi connectivity index (χ0v) is 14.7. The predicted molar refractivity (Wildman–Crippen MR) is 95.9 cm³/mol. The summed E-state index contributed by atoms with van der Waals surface area (Å²) < 4.78 is 0.902. The van der Waals surface area contributed by atoms with Gasteiger partial charge in [0.05, 0.1) is 13.0 Å². The van der Waals surface area contributed by atoms with Crippen LogP contribution >= 0.6 is 15.9 Å². The zero-order chi connectivity index (χ0) is 17.5. The molecule has 5 nitrogen and oxygen atoms in total. The molecule has 0 aliphatic carbocycles. The second-order valence-corrected chi connectivity index (χ2v) is 6.18. The molecule has 0 spiro atoms. The molecule has 0 aromatic heterocycles. The Morgan fingerprint density at radius 1 is 1.00 bits per heavy atom. The van der Waals surface area contributed by atoms with E-state index in [2.05, 4.69) is 26.6 Å². The SMILES string of the molecule is CC(=O)c1ccc(NC(=O)CNC(=O)Cc2cccc(Br)c2)cc1. The largest absolute Gasteiger partial charge is 0.347 e. The van der Waals surface area contributed by atoms with Gasteiger partial charge in [-0.3, -0.25) is 14.4 Å². The summed E-state index contributed by atoms with van der Waals surface area (Å²) in [5.41, 5.74) is 2.02. The molecule has 0 fully saturated rings. The van der Waals surface area contributed by atoms with Crippen molar-refractivity contribution in [1.29, 1.82) is 0 Å². The van der Waals surface area contributed by atoms with Gasteiger partial charge in [-0.2, -0.15) is 0 Å². The highest BCUT2D eigenvalue weighted by atomic mass is 79.9. The molecular formula is C18H17BrN2O3. The van der Waals surface area contributed by atoms with Gasteiger partial charge in [-0.15, -0.1) is 0 Å². The van der Waals surface area contributed by atoms with Gasteiger partial charge >= 0.3 is 0 Å². The van der Waals surface area contributed by atoms with Crippen molar-refractivity contribution < 1.29 is 14.4 Å². The third-order valence-electron chi connectivity index (χ3n) is 3.28. The summed E-state index contributed by atoms with van der Waals surface area (Å²) in [6.45, 7) is 1.37. The smallest absolute Gasteiger partial charge is 0.243 e. The molecule has 0 bridgehead atoms. The minimum Gasteiger partial charge on any atom is -0.347 e. The molecule has 24 heavy (non-hydrogen) atoms. The third-order valence-corrected chi connectivity index (χ3v) is 3.77. The number of nitrogens with one attached hydrogen (secondary N) is 2. The Balaban J connectivity index is 1.80. The summed E-state index contributed by atoms with van der Waals surface area (Å²) in [5.74, 6) is -0.587. The molecule has 0 aliphatic heterocycles. The fourth-order valence-corrected chi connectivity index (χ4v) is 2.51. The molecule has 0 radical (unpaired) electrons. The first kappa shape index (κ1) is 17.9.